The predicted octanol–water partition coefficient (Wildman–Crippen LogP) is 0.963. The SMILES string of the molecule is COc1cc(NC(=O)C(=O)NC(C)(C)C(=O)N2CCC(NCC(C)=O)C2)ccc1-c1cnco1. The summed E-state index contributed by atoms with van der Waals surface area (Å²) in [6.45, 7) is 5.76. The number of likely N-dealkylation sites (tertiary alicyclic amines) is 1. The van der Waals surface area contributed by atoms with Crippen LogP contribution in [0, 0.1) is 0 Å². The minimum absolute atomic E-state index is 0.0116. The van der Waals surface area contributed by atoms with Gasteiger partial charge in [-0.25, -0.2) is 4.98 Å². The van der Waals surface area contributed by atoms with Gasteiger partial charge in [0.1, 0.15) is 17.1 Å². The number of ether oxygens (including phenoxy) is 1. The van der Waals surface area contributed by atoms with Crippen LogP contribution < -0.4 is 20.7 Å². The van der Waals surface area contributed by atoms with Crippen LogP contribution in [0.1, 0.15) is 27.2 Å². The van der Waals surface area contributed by atoms with Crippen LogP contribution in [0.25, 0.3) is 11.3 Å². The third-order valence-corrected chi connectivity index (χ3v) is 5.44. The van der Waals surface area contributed by atoms with Crippen LogP contribution in [0.2, 0.25) is 0 Å². The lowest BCUT2D eigenvalue weighted by Crippen LogP contribution is -2.57. The summed E-state index contributed by atoms with van der Waals surface area (Å²) < 4.78 is 10.6. The van der Waals surface area contributed by atoms with Crippen molar-refractivity contribution >= 4 is 29.2 Å². The zero-order valence-electron chi connectivity index (χ0n) is 19.6. The topological polar surface area (TPSA) is 143 Å². The Hall–Kier alpha value is -3.73. The Kier molecular flexibility index (Phi) is 7.67. The number of Topliss-reactive ketones (excluding diaryl/α,β-unsaturated/α-hetero) is 1. The molecule has 0 radical (unpaired) electrons. The highest BCUT2D eigenvalue weighted by Crippen LogP contribution is 2.32. The Labute approximate surface area is 197 Å². The van der Waals surface area contributed by atoms with Crippen LogP contribution in [0.15, 0.2) is 35.2 Å². The number of aromatic nitrogens is 1. The molecule has 182 valence electrons. The fourth-order valence-electron chi connectivity index (χ4n) is 3.70. The zero-order valence-corrected chi connectivity index (χ0v) is 19.6. The molecule has 0 saturated carbocycles. The van der Waals surface area contributed by atoms with Crippen molar-refractivity contribution in [3.8, 4) is 17.1 Å². The maximum Gasteiger partial charge on any atom is 0.313 e. The number of benzene rings is 1. The normalized spacial score (nSPS) is 15.6. The van der Waals surface area contributed by atoms with Crippen LogP contribution in [0.5, 0.6) is 5.75 Å². The fourth-order valence-corrected chi connectivity index (χ4v) is 3.70. The second-order valence-corrected chi connectivity index (χ2v) is 8.63. The first kappa shape index (κ1) is 24.9. The second-order valence-electron chi connectivity index (χ2n) is 8.63. The molecule has 1 fully saturated rings. The molecule has 1 aromatic carbocycles. The van der Waals surface area contributed by atoms with Crippen molar-refractivity contribution in [2.45, 2.75) is 38.8 Å². The minimum atomic E-state index is -1.29. The van der Waals surface area contributed by atoms with Crippen LogP contribution in [0.4, 0.5) is 5.69 Å². The molecule has 0 spiro atoms. The third-order valence-electron chi connectivity index (χ3n) is 5.44. The molecule has 1 aliphatic heterocycles. The Bertz CT molecular complexity index is 1070. The minimum Gasteiger partial charge on any atom is -0.496 e. The number of ketones is 1. The van der Waals surface area contributed by atoms with E-state index >= 15 is 0 Å². The quantitative estimate of drug-likeness (QED) is 0.483. The average Bonchev–Trinajstić information content (AvgIpc) is 3.49. The van der Waals surface area contributed by atoms with E-state index in [1.807, 2.05) is 0 Å². The van der Waals surface area contributed by atoms with Gasteiger partial charge < -0.3 is 30.0 Å². The van der Waals surface area contributed by atoms with Gasteiger partial charge in [0.2, 0.25) is 5.91 Å². The summed E-state index contributed by atoms with van der Waals surface area (Å²) in [5.74, 6) is -1.23. The van der Waals surface area contributed by atoms with Crippen LogP contribution in [-0.4, -0.2) is 71.7 Å². The molecule has 3 N–H and O–H groups in total. The fraction of sp³-hybridized carbons (Fsp3) is 0.435. The highest BCUT2D eigenvalue weighted by molar-refractivity contribution is 6.40. The number of amides is 3. The molecule has 1 unspecified atom stereocenters. The largest absolute Gasteiger partial charge is 0.496 e. The van der Waals surface area contributed by atoms with Gasteiger partial charge in [0, 0.05) is 30.9 Å². The second kappa shape index (κ2) is 10.5. The molecule has 3 amide bonds. The summed E-state index contributed by atoms with van der Waals surface area (Å²) in [6.07, 6.45) is 3.53. The number of nitrogens with one attached hydrogen (secondary N) is 3. The average molecular weight is 472 g/mol. The van der Waals surface area contributed by atoms with Crippen molar-refractivity contribution in [1.82, 2.24) is 20.5 Å². The van der Waals surface area contributed by atoms with E-state index in [2.05, 4.69) is 20.9 Å². The summed E-state index contributed by atoms with van der Waals surface area (Å²) in [4.78, 5) is 54.6. The lowest BCUT2D eigenvalue weighted by Gasteiger charge is -2.30. The van der Waals surface area contributed by atoms with Gasteiger partial charge in [-0.15, -0.1) is 0 Å². The molecule has 0 bridgehead atoms. The molecule has 2 heterocycles. The van der Waals surface area contributed by atoms with Gasteiger partial charge in [-0.3, -0.25) is 19.2 Å². The monoisotopic (exact) mass is 471 g/mol. The highest BCUT2D eigenvalue weighted by atomic mass is 16.5. The number of rotatable bonds is 8. The Morgan fingerprint density at radius 1 is 1.24 bits per heavy atom. The van der Waals surface area contributed by atoms with E-state index in [9.17, 15) is 19.2 Å². The van der Waals surface area contributed by atoms with Gasteiger partial charge in [-0.2, -0.15) is 0 Å². The number of carbonyl (C=O) groups excluding carboxylic acids is 4. The van der Waals surface area contributed by atoms with E-state index in [0.29, 0.717) is 42.3 Å². The van der Waals surface area contributed by atoms with E-state index in [1.165, 1.54) is 26.6 Å². The standard InChI is InChI=1S/C23H29N5O6/c1-14(29)10-25-16-7-8-28(12-16)22(32)23(2,3)27-21(31)20(30)26-15-5-6-17(18(9-15)33-4)19-11-24-13-34-19/h5-6,9,11,13,16,25H,7-8,10,12H2,1-4H3,(H,26,30)(H,27,31). The van der Waals surface area contributed by atoms with Crippen molar-refractivity contribution in [3.63, 3.8) is 0 Å². The van der Waals surface area contributed by atoms with E-state index in [4.69, 9.17) is 9.15 Å². The maximum absolute atomic E-state index is 13.0. The first-order valence-corrected chi connectivity index (χ1v) is 10.8. The summed E-state index contributed by atoms with van der Waals surface area (Å²) in [6, 6.07) is 4.83. The van der Waals surface area contributed by atoms with Gasteiger partial charge in [-0.1, -0.05) is 0 Å². The molecule has 1 atom stereocenters. The number of anilines is 1. The Morgan fingerprint density at radius 3 is 2.65 bits per heavy atom. The number of oxazole rings is 1. The molecule has 1 aromatic heterocycles. The molecule has 1 aliphatic rings. The van der Waals surface area contributed by atoms with Crippen molar-refractivity contribution in [2.24, 2.45) is 0 Å². The van der Waals surface area contributed by atoms with Crippen molar-refractivity contribution in [1.29, 1.82) is 0 Å². The maximum atomic E-state index is 13.0. The van der Waals surface area contributed by atoms with Gasteiger partial charge in [0.05, 0.1) is 25.4 Å². The van der Waals surface area contributed by atoms with Crippen molar-refractivity contribution in [2.75, 3.05) is 32.1 Å². The third kappa shape index (κ3) is 5.98. The molecule has 2 aromatic rings. The summed E-state index contributed by atoms with van der Waals surface area (Å²) in [7, 11) is 1.47. The lowest BCUT2D eigenvalue weighted by molar-refractivity contribution is -0.142. The summed E-state index contributed by atoms with van der Waals surface area (Å²) in [5.41, 5.74) is -0.322. The number of methoxy groups -OCH3 is 1. The Balaban J connectivity index is 1.58. The lowest BCUT2D eigenvalue weighted by atomic mass is 10.0. The summed E-state index contributed by atoms with van der Waals surface area (Å²) in [5, 5.41) is 8.13. The first-order chi connectivity index (χ1) is 16.1. The molecule has 0 aliphatic carbocycles. The predicted molar refractivity (Wildman–Crippen MR) is 123 cm³/mol. The van der Waals surface area contributed by atoms with Crippen LogP contribution in [0.3, 0.4) is 0 Å². The summed E-state index contributed by atoms with van der Waals surface area (Å²) >= 11 is 0. The van der Waals surface area contributed by atoms with Crippen LogP contribution in [-0.2, 0) is 19.2 Å². The number of carbonyl (C=O) groups is 4. The smallest absolute Gasteiger partial charge is 0.313 e. The van der Waals surface area contributed by atoms with E-state index in [-0.39, 0.29) is 24.3 Å². The Morgan fingerprint density at radius 2 is 2.00 bits per heavy atom. The molecule has 1 saturated heterocycles. The van der Waals surface area contributed by atoms with Gasteiger partial charge in [0.15, 0.2) is 12.2 Å². The van der Waals surface area contributed by atoms with E-state index < -0.39 is 17.4 Å². The molecule has 11 nitrogen and oxygen atoms in total. The molecular weight excluding hydrogens is 442 g/mol. The van der Waals surface area contributed by atoms with Gasteiger partial charge in [0.25, 0.3) is 0 Å². The highest BCUT2D eigenvalue weighted by Gasteiger charge is 2.38. The van der Waals surface area contributed by atoms with Gasteiger partial charge >= 0.3 is 11.8 Å². The number of nitrogens with zero attached hydrogens (tertiary/aromatic N) is 2. The molecular formula is C23H29N5O6. The van der Waals surface area contributed by atoms with Crippen molar-refractivity contribution in [3.05, 3.63) is 30.8 Å². The van der Waals surface area contributed by atoms with Crippen LogP contribution >= 0.6 is 0 Å². The van der Waals surface area contributed by atoms with Gasteiger partial charge in [-0.05, 0) is 39.3 Å². The van der Waals surface area contributed by atoms with E-state index in [1.54, 1.807) is 36.9 Å². The molecule has 3 rings (SSSR count). The molecule has 34 heavy (non-hydrogen) atoms. The van der Waals surface area contributed by atoms with E-state index in [0.717, 1.165) is 0 Å². The number of hydrogen-bond acceptors (Lipinski definition) is 8. The zero-order chi connectivity index (χ0) is 24.9. The molecule has 11 heteroatoms. The van der Waals surface area contributed by atoms with Crippen molar-refractivity contribution < 1.29 is 28.3 Å². The first-order valence-electron chi connectivity index (χ1n) is 10.8. The number of hydrogen-bond donors (Lipinski definition) is 3.